The van der Waals surface area contributed by atoms with Gasteiger partial charge < -0.3 is 4.74 Å². The Morgan fingerprint density at radius 1 is 1.21 bits per heavy atom. The molecule has 1 aliphatic carbocycles. The topological polar surface area (TPSA) is 39.2 Å². The number of aromatic nitrogens is 1. The SMILES string of the molecule is CCOC(=O)c1cc(C(F)(F)F)cc2c1C(CCCc1csc(-c3ccccc3)n1)CC=C2. The van der Waals surface area contributed by atoms with Gasteiger partial charge in [-0.3, -0.25) is 0 Å². The largest absolute Gasteiger partial charge is 0.462 e. The summed E-state index contributed by atoms with van der Waals surface area (Å²) in [6.45, 7) is 1.75. The number of ether oxygens (including phenoxy) is 1. The predicted molar refractivity (Wildman–Crippen MR) is 124 cm³/mol. The van der Waals surface area contributed by atoms with Gasteiger partial charge in [-0.2, -0.15) is 13.2 Å². The number of carbonyl (C=O) groups is 1. The molecule has 0 aliphatic heterocycles. The maximum Gasteiger partial charge on any atom is 0.416 e. The molecule has 1 heterocycles. The predicted octanol–water partition coefficient (Wildman–Crippen LogP) is 7.53. The van der Waals surface area contributed by atoms with E-state index in [1.54, 1.807) is 24.3 Å². The summed E-state index contributed by atoms with van der Waals surface area (Å²) in [6, 6.07) is 12.1. The zero-order valence-corrected chi connectivity index (χ0v) is 19.0. The van der Waals surface area contributed by atoms with Gasteiger partial charge in [0.05, 0.1) is 23.4 Å². The second kappa shape index (κ2) is 9.91. The molecule has 1 aliphatic rings. The Kier molecular flexibility index (Phi) is 6.98. The first-order valence-electron chi connectivity index (χ1n) is 11.0. The Morgan fingerprint density at radius 3 is 2.73 bits per heavy atom. The van der Waals surface area contributed by atoms with Crippen molar-refractivity contribution in [3.63, 3.8) is 0 Å². The molecule has 4 rings (SSSR count). The first-order chi connectivity index (χ1) is 15.9. The van der Waals surface area contributed by atoms with E-state index in [-0.39, 0.29) is 18.1 Å². The number of allylic oxidation sites excluding steroid dienone is 1. The summed E-state index contributed by atoms with van der Waals surface area (Å²) >= 11 is 1.60. The van der Waals surface area contributed by atoms with Crippen molar-refractivity contribution in [1.82, 2.24) is 4.98 Å². The van der Waals surface area contributed by atoms with Crippen molar-refractivity contribution in [1.29, 1.82) is 0 Å². The Hall–Kier alpha value is -2.93. The fraction of sp³-hybridized carbons (Fsp3) is 0.308. The quantitative estimate of drug-likeness (QED) is 0.334. The molecule has 172 valence electrons. The number of esters is 1. The van der Waals surface area contributed by atoms with E-state index < -0.39 is 17.7 Å². The van der Waals surface area contributed by atoms with Crippen LogP contribution in [0.1, 0.15) is 64.8 Å². The van der Waals surface area contributed by atoms with Crippen LogP contribution in [0, 0.1) is 0 Å². The van der Waals surface area contributed by atoms with E-state index >= 15 is 0 Å². The highest BCUT2D eigenvalue weighted by atomic mass is 32.1. The second-order valence-corrected chi connectivity index (χ2v) is 8.84. The van der Waals surface area contributed by atoms with Gasteiger partial charge in [0.2, 0.25) is 0 Å². The molecular formula is C26H24F3NO2S. The second-order valence-electron chi connectivity index (χ2n) is 7.98. The van der Waals surface area contributed by atoms with Gasteiger partial charge in [0.25, 0.3) is 0 Å². The highest BCUT2D eigenvalue weighted by Crippen LogP contribution is 2.40. The smallest absolute Gasteiger partial charge is 0.416 e. The molecule has 0 saturated heterocycles. The number of alkyl halides is 3. The van der Waals surface area contributed by atoms with E-state index in [4.69, 9.17) is 9.72 Å². The Morgan fingerprint density at radius 2 is 2.00 bits per heavy atom. The molecule has 7 heteroatoms. The lowest BCUT2D eigenvalue weighted by atomic mass is 9.80. The van der Waals surface area contributed by atoms with Crippen LogP contribution >= 0.6 is 11.3 Å². The first-order valence-corrected chi connectivity index (χ1v) is 11.8. The minimum Gasteiger partial charge on any atom is -0.462 e. The van der Waals surface area contributed by atoms with E-state index in [1.807, 2.05) is 36.4 Å². The summed E-state index contributed by atoms with van der Waals surface area (Å²) in [4.78, 5) is 17.3. The molecule has 1 unspecified atom stereocenters. The molecule has 3 nitrogen and oxygen atoms in total. The molecule has 0 N–H and O–H groups in total. The van der Waals surface area contributed by atoms with Gasteiger partial charge in [0, 0.05) is 10.9 Å². The van der Waals surface area contributed by atoms with Crippen LogP contribution in [0.15, 0.2) is 53.9 Å². The molecule has 1 aromatic heterocycles. The number of fused-ring (bicyclic) bond motifs is 1. The number of aryl methyl sites for hydroxylation is 1. The minimum absolute atomic E-state index is 0.0241. The van der Waals surface area contributed by atoms with Crippen molar-refractivity contribution in [3.05, 3.63) is 81.9 Å². The molecule has 0 bridgehead atoms. The van der Waals surface area contributed by atoms with Gasteiger partial charge in [-0.05, 0) is 61.8 Å². The number of nitrogens with zero attached hydrogens (tertiary/aromatic N) is 1. The molecule has 33 heavy (non-hydrogen) atoms. The maximum absolute atomic E-state index is 13.4. The van der Waals surface area contributed by atoms with Crippen LogP contribution in [0.25, 0.3) is 16.6 Å². The number of halogens is 3. The molecule has 0 fully saturated rings. The van der Waals surface area contributed by atoms with E-state index in [1.165, 1.54) is 0 Å². The van der Waals surface area contributed by atoms with Crippen LogP contribution in [0.4, 0.5) is 13.2 Å². The zero-order valence-electron chi connectivity index (χ0n) is 18.2. The zero-order chi connectivity index (χ0) is 23.4. The highest BCUT2D eigenvalue weighted by molar-refractivity contribution is 7.13. The fourth-order valence-corrected chi connectivity index (χ4v) is 5.07. The molecule has 0 spiro atoms. The van der Waals surface area contributed by atoms with Gasteiger partial charge in [-0.15, -0.1) is 11.3 Å². The van der Waals surface area contributed by atoms with E-state index in [2.05, 4.69) is 5.38 Å². The molecular weight excluding hydrogens is 447 g/mol. The number of rotatable bonds is 7. The molecule has 1 atom stereocenters. The summed E-state index contributed by atoms with van der Waals surface area (Å²) < 4.78 is 45.3. The lowest BCUT2D eigenvalue weighted by Crippen LogP contribution is -2.17. The van der Waals surface area contributed by atoms with Crippen LogP contribution in [0.2, 0.25) is 0 Å². The average Bonchev–Trinajstić information content (AvgIpc) is 3.27. The van der Waals surface area contributed by atoms with Crippen molar-refractivity contribution in [3.8, 4) is 10.6 Å². The van der Waals surface area contributed by atoms with Crippen molar-refractivity contribution in [2.75, 3.05) is 6.61 Å². The third-order valence-electron chi connectivity index (χ3n) is 5.72. The summed E-state index contributed by atoms with van der Waals surface area (Å²) in [5.74, 6) is -0.744. The molecule has 2 aromatic carbocycles. The standard InChI is InChI=1S/C26H24F3NO2S/c1-2-32-25(31)22-15-20(26(27,28)29)14-19-12-6-10-17(23(19)22)11-7-13-21-16-33-24(30-21)18-8-4-3-5-9-18/h3-6,8-9,12,14-17H,2,7,10-11,13H2,1H3. The number of benzene rings is 2. The van der Waals surface area contributed by atoms with Crippen molar-refractivity contribution in [2.24, 2.45) is 0 Å². The molecule has 0 saturated carbocycles. The van der Waals surface area contributed by atoms with Crippen LogP contribution < -0.4 is 0 Å². The lowest BCUT2D eigenvalue weighted by Gasteiger charge is -2.25. The average molecular weight is 472 g/mol. The molecule has 0 radical (unpaired) electrons. The molecule has 3 aromatic rings. The Balaban J connectivity index is 1.52. The monoisotopic (exact) mass is 471 g/mol. The van der Waals surface area contributed by atoms with E-state index in [9.17, 15) is 18.0 Å². The van der Waals surface area contributed by atoms with Crippen LogP contribution in [-0.4, -0.2) is 17.6 Å². The lowest BCUT2D eigenvalue weighted by molar-refractivity contribution is -0.137. The summed E-state index contributed by atoms with van der Waals surface area (Å²) in [5, 5.41) is 3.03. The number of hydrogen-bond donors (Lipinski definition) is 0. The van der Waals surface area contributed by atoms with E-state index in [0.29, 0.717) is 17.5 Å². The summed E-state index contributed by atoms with van der Waals surface area (Å²) in [7, 11) is 0. The van der Waals surface area contributed by atoms with Gasteiger partial charge in [0.15, 0.2) is 0 Å². The summed E-state index contributed by atoms with van der Waals surface area (Å²) in [6.07, 6.45) is 2.05. The third-order valence-corrected chi connectivity index (χ3v) is 6.66. The van der Waals surface area contributed by atoms with Crippen LogP contribution in [-0.2, 0) is 17.3 Å². The van der Waals surface area contributed by atoms with Crippen molar-refractivity contribution < 1.29 is 22.7 Å². The summed E-state index contributed by atoms with van der Waals surface area (Å²) in [5.41, 5.74) is 2.39. The normalized spacial score (nSPS) is 15.3. The Bertz CT molecular complexity index is 1150. The first kappa shape index (κ1) is 23.2. The van der Waals surface area contributed by atoms with Gasteiger partial charge in [-0.25, -0.2) is 9.78 Å². The van der Waals surface area contributed by atoms with Crippen molar-refractivity contribution in [2.45, 2.75) is 44.7 Å². The van der Waals surface area contributed by atoms with Gasteiger partial charge in [0.1, 0.15) is 5.01 Å². The molecule has 0 amide bonds. The van der Waals surface area contributed by atoms with Crippen molar-refractivity contribution >= 4 is 23.4 Å². The number of carbonyl (C=O) groups excluding carboxylic acids is 1. The van der Waals surface area contributed by atoms with Gasteiger partial charge >= 0.3 is 12.1 Å². The number of thiazole rings is 1. The van der Waals surface area contributed by atoms with Crippen LogP contribution in [0.3, 0.4) is 0 Å². The third kappa shape index (κ3) is 5.36. The van der Waals surface area contributed by atoms with Crippen LogP contribution in [0.5, 0.6) is 0 Å². The fourth-order valence-electron chi connectivity index (χ4n) is 4.21. The Labute approximate surface area is 194 Å². The van der Waals surface area contributed by atoms with Gasteiger partial charge in [-0.1, -0.05) is 42.5 Å². The highest BCUT2D eigenvalue weighted by Gasteiger charge is 2.34. The van der Waals surface area contributed by atoms with E-state index in [0.717, 1.165) is 47.7 Å². The number of hydrogen-bond acceptors (Lipinski definition) is 4. The minimum atomic E-state index is -4.53. The maximum atomic E-state index is 13.4.